The van der Waals surface area contributed by atoms with E-state index < -0.39 is 16.1 Å². The first-order valence-corrected chi connectivity index (χ1v) is 10.7. The number of carbonyl (C=O) groups excluding carboxylic acids is 1. The minimum Gasteiger partial charge on any atom is -0.461 e. The monoisotopic (exact) mass is 403 g/mol. The second-order valence-corrected chi connectivity index (χ2v) is 7.87. The van der Waals surface area contributed by atoms with E-state index in [9.17, 15) is 13.2 Å². The van der Waals surface area contributed by atoms with Crippen LogP contribution < -0.4 is 0 Å². The molecule has 0 saturated carbocycles. The molecule has 0 atom stereocenters. The maximum absolute atomic E-state index is 12.4. The second-order valence-electron chi connectivity index (χ2n) is 6.34. The third-order valence-corrected chi connectivity index (χ3v) is 5.13. The molecular weight excluding hydrogens is 378 g/mol. The summed E-state index contributed by atoms with van der Waals surface area (Å²) in [5, 5.41) is 3.63. The summed E-state index contributed by atoms with van der Waals surface area (Å²) in [5.74, 6) is -0.721. The summed E-state index contributed by atoms with van der Waals surface area (Å²) in [6, 6.07) is 14.6. The smallest absolute Gasteiger partial charge is 0.361 e. The van der Waals surface area contributed by atoms with E-state index in [-0.39, 0.29) is 17.2 Å². The Morgan fingerprint density at radius 3 is 2.29 bits per heavy atom. The van der Waals surface area contributed by atoms with E-state index in [4.69, 9.17) is 9.02 Å². The Hall–Kier alpha value is -2.67. The molecule has 0 aliphatic carbocycles. The minimum atomic E-state index is -4.14. The van der Waals surface area contributed by atoms with Crippen LogP contribution in [0.4, 0.5) is 0 Å². The van der Waals surface area contributed by atoms with Crippen molar-refractivity contribution < 1.29 is 22.2 Å². The van der Waals surface area contributed by atoms with Crippen molar-refractivity contribution >= 4 is 21.8 Å². The molecule has 0 radical (unpaired) electrons. The number of hydrogen-bond acceptors (Lipinski definition) is 6. The Labute approximate surface area is 166 Å². The highest BCUT2D eigenvalue weighted by molar-refractivity contribution is 7.86. The van der Waals surface area contributed by atoms with Gasteiger partial charge < -0.3 is 4.74 Å². The predicted octanol–water partition coefficient (Wildman–Crippen LogP) is 4.23. The third-order valence-electron chi connectivity index (χ3n) is 4.01. The Morgan fingerprint density at radius 1 is 0.964 bits per heavy atom. The number of nitrogens with zero attached hydrogens (tertiary/aromatic N) is 1. The molecule has 0 unspecified atom stereocenters. The predicted molar refractivity (Wildman–Crippen MR) is 108 cm³/mol. The van der Waals surface area contributed by atoms with Gasteiger partial charge in [0.1, 0.15) is 4.90 Å². The molecule has 0 bridgehead atoms. The van der Waals surface area contributed by atoms with E-state index in [0.717, 1.165) is 31.2 Å². The molecule has 0 aliphatic heterocycles. The fourth-order valence-electron chi connectivity index (χ4n) is 2.40. The van der Waals surface area contributed by atoms with Crippen LogP contribution in [0, 0.1) is 6.92 Å². The van der Waals surface area contributed by atoms with Crippen molar-refractivity contribution in [1.29, 1.82) is 0 Å². The molecule has 2 rings (SSSR count). The van der Waals surface area contributed by atoms with Crippen LogP contribution in [0.15, 0.2) is 64.6 Å². The molecule has 0 saturated heterocycles. The standard InChI is InChI=1S/C21H25NO5S/c1-3-4-5-9-16-26-21(23)20(18-10-7-6-8-11-18)22-27-28(24,25)19-14-12-17(2)13-15-19/h6-8,10-15H,3-5,9,16H2,1-2H3/b22-20-. The Morgan fingerprint density at radius 2 is 1.64 bits per heavy atom. The normalized spacial score (nSPS) is 11.9. The van der Waals surface area contributed by atoms with E-state index in [1.807, 2.05) is 6.92 Å². The van der Waals surface area contributed by atoms with Crippen molar-refractivity contribution in [2.45, 2.75) is 44.4 Å². The zero-order valence-electron chi connectivity index (χ0n) is 16.1. The first-order chi connectivity index (χ1) is 13.4. The highest BCUT2D eigenvalue weighted by Crippen LogP contribution is 2.15. The maximum atomic E-state index is 12.4. The van der Waals surface area contributed by atoms with Gasteiger partial charge in [0.25, 0.3) is 0 Å². The Bertz CT molecular complexity index is 890. The summed E-state index contributed by atoms with van der Waals surface area (Å²) in [7, 11) is -4.14. The van der Waals surface area contributed by atoms with Crippen molar-refractivity contribution in [1.82, 2.24) is 0 Å². The lowest BCUT2D eigenvalue weighted by molar-refractivity contribution is -0.135. The number of aryl methyl sites for hydroxylation is 1. The fourth-order valence-corrected chi connectivity index (χ4v) is 3.13. The van der Waals surface area contributed by atoms with Crippen molar-refractivity contribution in [2.24, 2.45) is 5.16 Å². The molecule has 2 aromatic rings. The maximum Gasteiger partial charge on any atom is 0.361 e. The molecule has 28 heavy (non-hydrogen) atoms. The molecule has 150 valence electrons. The minimum absolute atomic E-state index is 0.0396. The van der Waals surface area contributed by atoms with Gasteiger partial charge in [0, 0.05) is 5.56 Å². The lowest BCUT2D eigenvalue weighted by Crippen LogP contribution is -2.20. The van der Waals surface area contributed by atoms with E-state index in [0.29, 0.717) is 5.56 Å². The van der Waals surface area contributed by atoms with Gasteiger partial charge in [-0.15, -0.1) is 0 Å². The van der Waals surface area contributed by atoms with Crippen LogP contribution in [-0.2, 0) is 23.9 Å². The number of carbonyl (C=O) groups is 1. The van der Waals surface area contributed by atoms with Crippen LogP contribution in [-0.4, -0.2) is 26.7 Å². The SMILES string of the molecule is CCCCCCOC(=O)/C(=N\OS(=O)(=O)c1ccc(C)cc1)c1ccccc1. The molecule has 0 aromatic heterocycles. The molecule has 0 aliphatic rings. The van der Waals surface area contributed by atoms with Crippen LogP contribution in [0.2, 0.25) is 0 Å². The number of benzene rings is 2. The van der Waals surface area contributed by atoms with Crippen molar-refractivity contribution in [3.05, 3.63) is 65.7 Å². The molecule has 7 heteroatoms. The number of esters is 1. The highest BCUT2D eigenvalue weighted by Gasteiger charge is 2.21. The van der Waals surface area contributed by atoms with Crippen LogP contribution in [0.1, 0.15) is 43.7 Å². The molecule has 0 spiro atoms. The first-order valence-electron chi connectivity index (χ1n) is 9.25. The highest BCUT2D eigenvalue weighted by atomic mass is 32.2. The van der Waals surface area contributed by atoms with Gasteiger partial charge in [-0.1, -0.05) is 79.4 Å². The van der Waals surface area contributed by atoms with E-state index >= 15 is 0 Å². The third kappa shape index (κ3) is 6.49. The van der Waals surface area contributed by atoms with Crippen molar-refractivity contribution in [3.8, 4) is 0 Å². The first kappa shape index (κ1) is 21.6. The summed E-state index contributed by atoms with van der Waals surface area (Å²) in [5.41, 5.74) is 1.14. The van der Waals surface area contributed by atoms with Gasteiger partial charge in [-0.05, 0) is 25.5 Å². The largest absolute Gasteiger partial charge is 0.461 e. The number of ether oxygens (including phenoxy) is 1. The second kappa shape index (κ2) is 10.6. The van der Waals surface area contributed by atoms with Crippen LogP contribution in [0.3, 0.4) is 0 Å². The molecular formula is C21H25NO5S. The fraction of sp³-hybridized carbons (Fsp3) is 0.333. The van der Waals surface area contributed by atoms with Gasteiger partial charge in [0.2, 0.25) is 0 Å². The lowest BCUT2D eigenvalue weighted by Gasteiger charge is -2.08. The summed E-state index contributed by atoms with van der Waals surface area (Å²) >= 11 is 0. The van der Waals surface area contributed by atoms with Crippen molar-refractivity contribution in [2.75, 3.05) is 6.61 Å². The summed E-state index contributed by atoms with van der Waals surface area (Å²) in [6.45, 7) is 4.19. The number of rotatable bonds is 10. The number of unbranched alkanes of at least 4 members (excludes halogenated alkanes) is 3. The van der Waals surface area contributed by atoms with Crippen molar-refractivity contribution in [3.63, 3.8) is 0 Å². The lowest BCUT2D eigenvalue weighted by atomic mass is 10.1. The van der Waals surface area contributed by atoms with Crippen LogP contribution in [0.25, 0.3) is 0 Å². The average Bonchev–Trinajstić information content (AvgIpc) is 2.69. The summed E-state index contributed by atoms with van der Waals surface area (Å²) < 4.78 is 34.7. The van der Waals surface area contributed by atoms with Gasteiger partial charge in [0.05, 0.1) is 6.61 Å². The Balaban J connectivity index is 2.17. The van der Waals surface area contributed by atoms with Crippen LogP contribution >= 0.6 is 0 Å². The molecule has 0 amide bonds. The average molecular weight is 404 g/mol. The molecule has 2 aromatic carbocycles. The quantitative estimate of drug-likeness (QED) is 0.257. The molecule has 0 N–H and O–H groups in total. The van der Waals surface area contributed by atoms with Gasteiger partial charge in [-0.3, -0.25) is 4.28 Å². The number of hydrogen-bond donors (Lipinski definition) is 0. The van der Waals surface area contributed by atoms with Gasteiger partial charge in [-0.25, -0.2) is 4.79 Å². The van der Waals surface area contributed by atoms with Gasteiger partial charge in [-0.2, -0.15) is 8.42 Å². The van der Waals surface area contributed by atoms with E-state index in [1.54, 1.807) is 42.5 Å². The molecule has 0 fully saturated rings. The molecule has 6 nitrogen and oxygen atoms in total. The summed E-state index contributed by atoms with van der Waals surface area (Å²) in [4.78, 5) is 12.4. The van der Waals surface area contributed by atoms with E-state index in [2.05, 4.69) is 12.1 Å². The topological polar surface area (TPSA) is 82.0 Å². The van der Waals surface area contributed by atoms with Crippen LogP contribution in [0.5, 0.6) is 0 Å². The molecule has 0 heterocycles. The van der Waals surface area contributed by atoms with Gasteiger partial charge in [0.15, 0.2) is 5.71 Å². The van der Waals surface area contributed by atoms with Gasteiger partial charge >= 0.3 is 16.1 Å². The Kier molecular flexibility index (Phi) is 8.19. The number of oxime groups is 1. The summed E-state index contributed by atoms with van der Waals surface area (Å²) in [6.07, 6.45) is 3.84. The zero-order valence-corrected chi connectivity index (χ0v) is 16.9. The zero-order chi connectivity index (χ0) is 20.4. The van der Waals surface area contributed by atoms with E-state index in [1.165, 1.54) is 12.1 Å².